The number of rotatable bonds is 7. The van der Waals surface area contributed by atoms with E-state index in [1.165, 1.54) is 22.7 Å². The van der Waals surface area contributed by atoms with Gasteiger partial charge in [0, 0.05) is 29.8 Å². The molecule has 2 amide bonds. The Labute approximate surface area is 138 Å². The van der Waals surface area contributed by atoms with Crippen molar-refractivity contribution in [2.75, 3.05) is 24.7 Å². The van der Waals surface area contributed by atoms with E-state index in [-0.39, 0.29) is 11.8 Å². The van der Waals surface area contributed by atoms with E-state index in [9.17, 15) is 14.4 Å². The summed E-state index contributed by atoms with van der Waals surface area (Å²) in [6, 6.07) is 6.79. The van der Waals surface area contributed by atoms with E-state index in [0.717, 1.165) is 0 Å². The largest absolute Gasteiger partial charge is 0.463 e. The molecule has 1 heterocycles. The Bertz CT molecular complexity index is 622. The van der Waals surface area contributed by atoms with Gasteiger partial charge >= 0.3 is 5.97 Å². The topological polar surface area (TPSA) is 89.7 Å². The summed E-state index contributed by atoms with van der Waals surface area (Å²) >= 11 is 1.44. The summed E-state index contributed by atoms with van der Waals surface area (Å²) in [6.07, 6.45) is 1.25. The second-order valence-electron chi connectivity index (χ2n) is 4.83. The van der Waals surface area contributed by atoms with Crippen molar-refractivity contribution in [2.24, 2.45) is 5.73 Å². The van der Waals surface area contributed by atoms with Crippen molar-refractivity contribution in [3.05, 3.63) is 47.2 Å². The van der Waals surface area contributed by atoms with Crippen LogP contribution in [-0.4, -0.2) is 47.3 Å². The molecule has 0 radical (unpaired) electrons. The van der Waals surface area contributed by atoms with E-state index >= 15 is 0 Å². The smallest absolute Gasteiger partial charge is 0.332 e. The molecule has 1 aliphatic rings. The molecule has 7 heteroatoms. The van der Waals surface area contributed by atoms with Gasteiger partial charge in [-0.2, -0.15) is 11.8 Å². The maximum Gasteiger partial charge on any atom is 0.332 e. The number of carbonyl (C=O) groups is 3. The molecule has 2 N–H and O–H groups in total. The fourth-order valence-electron chi connectivity index (χ4n) is 2.17. The van der Waals surface area contributed by atoms with Gasteiger partial charge in [0.2, 0.25) is 0 Å². The molecule has 1 aromatic rings. The third kappa shape index (κ3) is 4.13. The average Bonchev–Trinajstić information content (AvgIpc) is 2.76. The zero-order valence-electron chi connectivity index (χ0n) is 12.8. The molecular weight excluding hydrogens is 316 g/mol. The number of amides is 2. The van der Waals surface area contributed by atoms with Gasteiger partial charge in [-0.3, -0.25) is 14.5 Å². The Morgan fingerprint density at radius 3 is 2.43 bits per heavy atom. The van der Waals surface area contributed by atoms with Crippen molar-refractivity contribution < 1.29 is 19.1 Å². The first-order valence-electron chi connectivity index (χ1n) is 7.20. The van der Waals surface area contributed by atoms with Gasteiger partial charge in [0.15, 0.2) is 0 Å². The molecule has 0 spiro atoms. The Morgan fingerprint density at radius 2 is 1.87 bits per heavy atom. The minimum absolute atomic E-state index is 0.263. The molecule has 2 rings (SSSR count). The van der Waals surface area contributed by atoms with Crippen LogP contribution in [0.1, 0.15) is 27.6 Å². The van der Waals surface area contributed by atoms with Crippen LogP contribution >= 0.6 is 11.8 Å². The van der Waals surface area contributed by atoms with Crippen LogP contribution in [0.15, 0.2) is 36.0 Å². The summed E-state index contributed by atoms with van der Waals surface area (Å²) in [5.41, 5.74) is 7.01. The van der Waals surface area contributed by atoms with Crippen molar-refractivity contribution in [2.45, 2.75) is 6.92 Å². The molecule has 0 bridgehead atoms. The van der Waals surface area contributed by atoms with Crippen molar-refractivity contribution in [1.82, 2.24) is 4.90 Å². The van der Waals surface area contributed by atoms with Gasteiger partial charge in [-0.1, -0.05) is 12.1 Å². The quantitative estimate of drug-likeness (QED) is 0.351. The van der Waals surface area contributed by atoms with Crippen molar-refractivity contribution >= 4 is 29.5 Å². The Kier molecular flexibility index (Phi) is 5.81. The maximum absolute atomic E-state index is 12.2. The van der Waals surface area contributed by atoms with Crippen molar-refractivity contribution in [3.8, 4) is 0 Å². The lowest BCUT2D eigenvalue weighted by Gasteiger charge is -2.13. The zero-order valence-corrected chi connectivity index (χ0v) is 13.6. The average molecular weight is 334 g/mol. The lowest BCUT2D eigenvalue weighted by Crippen LogP contribution is -2.32. The number of thioether (sulfide) groups is 1. The van der Waals surface area contributed by atoms with Gasteiger partial charge in [0.25, 0.3) is 11.8 Å². The molecule has 1 aliphatic heterocycles. The number of benzene rings is 1. The van der Waals surface area contributed by atoms with E-state index in [1.807, 2.05) is 0 Å². The van der Waals surface area contributed by atoms with Crippen LogP contribution in [0.3, 0.4) is 0 Å². The number of nitrogens with zero attached hydrogens (tertiary/aromatic N) is 1. The number of hydrogen-bond acceptors (Lipinski definition) is 6. The Hall–Kier alpha value is -2.28. The van der Waals surface area contributed by atoms with Crippen LogP contribution in [0, 0.1) is 0 Å². The number of imide groups is 1. The second-order valence-corrected chi connectivity index (χ2v) is 5.94. The van der Waals surface area contributed by atoms with Gasteiger partial charge < -0.3 is 10.5 Å². The van der Waals surface area contributed by atoms with Crippen molar-refractivity contribution in [3.63, 3.8) is 0 Å². The standard InChI is InChI=1S/C16H18N2O4S/c1-2-22-14(19)9-11(17)10-23-8-7-18-15(20)12-5-3-4-6-13(12)16(18)21/h3-6,9H,2,7-8,10,17H2,1H3. The SMILES string of the molecule is CCOC(=O)C=C(N)CSCCN1C(=O)c2ccccc2C1=O. The molecule has 0 atom stereocenters. The highest BCUT2D eigenvalue weighted by Gasteiger charge is 2.34. The van der Waals surface area contributed by atoms with Gasteiger partial charge in [0.1, 0.15) is 0 Å². The highest BCUT2D eigenvalue weighted by atomic mass is 32.2. The maximum atomic E-state index is 12.2. The van der Waals surface area contributed by atoms with Gasteiger partial charge in [0.05, 0.1) is 17.7 Å². The number of nitrogens with two attached hydrogens (primary N) is 1. The van der Waals surface area contributed by atoms with E-state index in [0.29, 0.717) is 41.5 Å². The number of ether oxygens (including phenoxy) is 1. The predicted molar refractivity (Wildman–Crippen MR) is 88.0 cm³/mol. The first-order valence-corrected chi connectivity index (χ1v) is 8.35. The molecule has 0 fully saturated rings. The van der Waals surface area contributed by atoms with Gasteiger partial charge in [-0.25, -0.2) is 4.79 Å². The fourth-order valence-corrected chi connectivity index (χ4v) is 2.94. The van der Waals surface area contributed by atoms with Crippen LogP contribution in [0.5, 0.6) is 0 Å². The Morgan fingerprint density at radius 1 is 1.26 bits per heavy atom. The predicted octanol–water partition coefficient (Wildman–Crippen LogP) is 1.42. The van der Waals surface area contributed by atoms with Crippen LogP contribution in [0.2, 0.25) is 0 Å². The van der Waals surface area contributed by atoms with Crippen LogP contribution in [0.25, 0.3) is 0 Å². The summed E-state index contributed by atoms with van der Waals surface area (Å²) in [5, 5.41) is 0. The molecular formula is C16H18N2O4S. The molecule has 0 saturated heterocycles. The van der Waals surface area contributed by atoms with Crippen molar-refractivity contribution in [1.29, 1.82) is 0 Å². The normalized spacial score (nSPS) is 14.1. The third-order valence-corrected chi connectivity index (χ3v) is 4.20. The molecule has 1 aromatic carbocycles. The first-order chi connectivity index (χ1) is 11.0. The van der Waals surface area contributed by atoms with E-state index < -0.39 is 5.97 Å². The molecule has 0 aromatic heterocycles. The van der Waals surface area contributed by atoms with E-state index in [2.05, 4.69) is 0 Å². The van der Waals surface area contributed by atoms with Crippen LogP contribution < -0.4 is 5.73 Å². The molecule has 0 aliphatic carbocycles. The molecule has 122 valence electrons. The van der Waals surface area contributed by atoms with Gasteiger partial charge in [-0.15, -0.1) is 0 Å². The third-order valence-electron chi connectivity index (χ3n) is 3.20. The summed E-state index contributed by atoms with van der Waals surface area (Å²) in [4.78, 5) is 36.8. The summed E-state index contributed by atoms with van der Waals surface area (Å²) in [7, 11) is 0. The fraction of sp³-hybridized carbons (Fsp3) is 0.312. The zero-order chi connectivity index (χ0) is 16.8. The molecule has 0 unspecified atom stereocenters. The lowest BCUT2D eigenvalue weighted by atomic mass is 10.1. The molecule has 0 saturated carbocycles. The summed E-state index contributed by atoms with van der Waals surface area (Å²) < 4.78 is 4.76. The minimum Gasteiger partial charge on any atom is -0.463 e. The highest BCUT2D eigenvalue weighted by molar-refractivity contribution is 7.99. The highest BCUT2D eigenvalue weighted by Crippen LogP contribution is 2.22. The summed E-state index contributed by atoms with van der Waals surface area (Å²) in [5.74, 6) is -0.0152. The second kappa shape index (κ2) is 7.82. The number of fused-ring (bicyclic) bond motifs is 1. The van der Waals surface area contributed by atoms with E-state index in [1.54, 1.807) is 31.2 Å². The van der Waals surface area contributed by atoms with Gasteiger partial charge in [-0.05, 0) is 19.1 Å². The summed E-state index contributed by atoms with van der Waals surface area (Å²) in [6.45, 7) is 2.33. The minimum atomic E-state index is -0.467. The number of esters is 1. The van der Waals surface area contributed by atoms with Crippen LogP contribution in [0.4, 0.5) is 0 Å². The molecule has 6 nitrogen and oxygen atoms in total. The number of carbonyl (C=O) groups excluding carboxylic acids is 3. The number of hydrogen-bond donors (Lipinski definition) is 1. The molecule has 23 heavy (non-hydrogen) atoms. The van der Waals surface area contributed by atoms with Crippen LogP contribution in [-0.2, 0) is 9.53 Å². The first kappa shape index (κ1) is 17.1. The van der Waals surface area contributed by atoms with E-state index in [4.69, 9.17) is 10.5 Å². The lowest BCUT2D eigenvalue weighted by molar-refractivity contribution is -0.137. The Balaban J connectivity index is 1.81. The monoisotopic (exact) mass is 334 g/mol.